The summed E-state index contributed by atoms with van der Waals surface area (Å²) in [4.78, 5) is 9.81. The molecule has 0 aliphatic carbocycles. The number of guanidine groups is 1. The Morgan fingerprint density at radius 1 is 1.42 bits per heavy atom. The summed E-state index contributed by atoms with van der Waals surface area (Å²) in [6.07, 6.45) is 2.78. The predicted molar refractivity (Wildman–Crippen MR) is 101 cm³/mol. The highest BCUT2D eigenvalue weighted by atomic mass is 35.5. The van der Waals surface area contributed by atoms with Gasteiger partial charge in [-0.05, 0) is 32.0 Å². The van der Waals surface area contributed by atoms with Crippen LogP contribution in [-0.2, 0) is 6.42 Å². The third kappa shape index (κ3) is 6.37. The maximum Gasteiger partial charge on any atom is 0.191 e. The lowest BCUT2D eigenvalue weighted by atomic mass is 10.3. The van der Waals surface area contributed by atoms with E-state index in [-0.39, 0.29) is 6.10 Å². The molecule has 2 rings (SSSR count). The van der Waals surface area contributed by atoms with Crippen molar-refractivity contribution in [1.82, 2.24) is 15.6 Å². The summed E-state index contributed by atoms with van der Waals surface area (Å²) in [5.74, 6) is 1.52. The quantitative estimate of drug-likeness (QED) is 0.583. The van der Waals surface area contributed by atoms with Gasteiger partial charge in [-0.1, -0.05) is 17.7 Å². The summed E-state index contributed by atoms with van der Waals surface area (Å²) < 4.78 is 5.83. The largest absolute Gasteiger partial charge is 0.489 e. The lowest BCUT2D eigenvalue weighted by Crippen LogP contribution is -2.42. The molecular weight excluding hydrogens is 344 g/mol. The van der Waals surface area contributed by atoms with E-state index in [0.717, 1.165) is 29.7 Å². The van der Waals surface area contributed by atoms with Crippen molar-refractivity contribution < 1.29 is 4.74 Å². The van der Waals surface area contributed by atoms with Gasteiger partial charge in [-0.2, -0.15) is 0 Å². The second kappa shape index (κ2) is 9.49. The van der Waals surface area contributed by atoms with E-state index in [9.17, 15) is 0 Å². The molecule has 0 aliphatic heterocycles. The number of hydrogen-bond acceptors (Lipinski definition) is 4. The minimum absolute atomic E-state index is 0.0105. The Kier molecular flexibility index (Phi) is 7.34. The number of aliphatic imine (C=N–C) groups is 1. The van der Waals surface area contributed by atoms with Crippen LogP contribution in [-0.4, -0.2) is 37.2 Å². The van der Waals surface area contributed by atoms with E-state index in [1.165, 1.54) is 4.88 Å². The van der Waals surface area contributed by atoms with Gasteiger partial charge in [-0.25, -0.2) is 4.98 Å². The number of ether oxygens (including phenoxy) is 1. The molecule has 1 aromatic carbocycles. The van der Waals surface area contributed by atoms with Crippen molar-refractivity contribution >= 4 is 28.9 Å². The highest BCUT2D eigenvalue weighted by molar-refractivity contribution is 7.11. The van der Waals surface area contributed by atoms with Crippen LogP contribution in [0.15, 0.2) is 35.5 Å². The molecule has 0 saturated carbocycles. The fraction of sp³-hybridized carbons (Fsp3) is 0.412. The number of benzene rings is 1. The molecule has 0 saturated heterocycles. The Morgan fingerprint density at radius 3 is 2.92 bits per heavy atom. The summed E-state index contributed by atoms with van der Waals surface area (Å²) in [6, 6.07) is 7.40. The molecule has 7 heteroatoms. The predicted octanol–water partition coefficient (Wildman–Crippen LogP) is 3.28. The molecule has 1 unspecified atom stereocenters. The number of halogens is 1. The lowest BCUT2D eigenvalue weighted by Gasteiger charge is -2.17. The molecule has 1 aromatic heterocycles. The SMILES string of the molecule is CN=C(NCCc1ncc(C)s1)NCC(C)Oc1cccc(Cl)c1. The van der Waals surface area contributed by atoms with E-state index in [1.54, 1.807) is 24.5 Å². The van der Waals surface area contributed by atoms with Gasteiger partial charge in [0.2, 0.25) is 0 Å². The van der Waals surface area contributed by atoms with Crippen LogP contribution >= 0.6 is 22.9 Å². The third-order valence-corrected chi connectivity index (χ3v) is 4.42. The minimum Gasteiger partial charge on any atom is -0.489 e. The fourth-order valence-electron chi connectivity index (χ4n) is 2.08. The number of aryl methyl sites for hydroxylation is 1. The monoisotopic (exact) mass is 366 g/mol. The second-order valence-electron chi connectivity index (χ2n) is 5.38. The van der Waals surface area contributed by atoms with Crippen LogP contribution in [0.4, 0.5) is 0 Å². The van der Waals surface area contributed by atoms with Crippen LogP contribution in [0.2, 0.25) is 5.02 Å². The van der Waals surface area contributed by atoms with Gasteiger partial charge in [-0.15, -0.1) is 11.3 Å². The number of nitrogens with one attached hydrogen (secondary N) is 2. The molecule has 24 heavy (non-hydrogen) atoms. The Hall–Kier alpha value is -1.79. The maximum absolute atomic E-state index is 5.96. The fourth-order valence-corrected chi connectivity index (χ4v) is 3.05. The van der Waals surface area contributed by atoms with Crippen molar-refractivity contribution in [2.45, 2.75) is 26.4 Å². The van der Waals surface area contributed by atoms with Gasteiger partial charge in [0.05, 0.1) is 11.6 Å². The number of nitrogens with zero attached hydrogens (tertiary/aromatic N) is 2. The first kappa shape index (κ1) is 18.5. The van der Waals surface area contributed by atoms with Gasteiger partial charge in [0.15, 0.2) is 5.96 Å². The maximum atomic E-state index is 5.96. The van der Waals surface area contributed by atoms with E-state index in [2.05, 4.69) is 27.5 Å². The van der Waals surface area contributed by atoms with Gasteiger partial charge >= 0.3 is 0 Å². The Bertz CT molecular complexity index is 674. The Balaban J connectivity index is 1.70. The molecule has 0 bridgehead atoms. The van der Waals surface area contributed by atoms with Crippen LogP contribution in [0.3, 0.4) is 0 Å². The smallest absolute Gasteiger partial charge is 0.191 e. The van der Waals surface area contributed by atoms with Crippen molar-refractivity contribution in [3.8, 4) is 5.75 Å². The van der Waals surface area contributed by atoms with E-state index >= 15 is 0 Å². The summed E-state index contributed by atoms with van der Waals surface area (Å²) in [5, 5.41) is 8.35. The molecule has 2 aromatic rings. The molecule has 5 nitrogen and oxygen atoms in total. The topological polar surface area (TPSA) is 58.5 Å². The van der Waals surface area contributed by atoms with Crippen LogP contribution in [0.1, 0.15) is 16.8 Å². The first-order chi connectivity index (χ1) is 11.6. The van der Waals surface area contributed by atoms with Crippen molar-refractivity contribution in [3.05, 3.63) is 45.4 Å². The molecule has 0 spiro atoms. The van der Waals surface area contributed by atoms with Gasteiger partial charge in [0, 0.05) is 36.1 Å². The number of thiazole rings is 1. The van der Waals surface area contributed by atoms with Crippen LogP contribution in [0, 0.1) is 6.92 Å². The average Bonchev–Trinajstić information content (AvgIpc) is 2.96. The molecule has 1 atom stereocenters. The second-order valence-corrected chi connectivity index (χ2v) is 7.14. The Labute approximate surface area is 152 Å². The molecular formula is C17H23ClN4OS. The van der Waals surface area contributed by atoms with Crippen molar-refractivity contribution in [2.24, 2.45) is 4.99 Å². The van der Waals surface area contributed by atoms with Crippen LogP contribution in [0.5, 0.6) is 5.75 Å². The highest BCUT2D eigenvalue weighted by Crippen LogP contribution is 2.18. The zero-order chi connectivity index (χ0) is 17.4. The van der Waals surface area contributed by atoms with E-state index < -0.39 is 0 Å². The minimum atomic E-state index is -0.0105. The van der Waals surface area contributed by atoms with Gasteiger partial charge in [0.1, 0.15) is 11.9 Å². The van der Waals surface area contributed by atoms with E-state index in [4.69, 9.17) is 16.3 Å². The van der Waals surface area contributed by atoms with Gasteiger partial charge in [-0.3, -0.25) is 4.99 Å². The zero-order valence-corrected chi connectivity index (χ0v) is 15.7. The van der Waals surface area contributed by atoms with Gasteiger partial charge < -0.3 is 15.4 Å². The molecule has 0 aliphatic rings. The molecule has 2 N–H and O–H groups in total. The van der Waals surface area contributed by atoms with Gasteiger partial charge in [0.25, 0.3) is 0 Å². The number of rotatable bonds is 7. The van der Waals surface area contributed by atoms with E-state index in [1.807, 2.05) is 31.3 Å². The summed E-state index contributed by atoms with van der Waals surface area (Å²) in [5.41, 5.74) is 0. The zero-order valence-electron chi connectivity index (χ0n) is 14.2. The lowest BCUT2D eigenvalue weighted by molar-refractivity contribution is 0.224. The molecule has 1 heterocycles. The first-order valence-electron chi connectivity index (χ1n) is 7.85. The number of aromatic nitrogens is 1. The van der Waals surface area contributed by atoms with E-state index in [0.29, 0.717) is 11.6 Å². The molecule has 0 radical (unpaired) electrons. The molecule has 0 fully saturated rings. The summed E-state index contributed by atoms with van der Waals surface area (Å²) in [6.45, 7) is 5.49. The van der Waals surface area contributed by atoms with Crippen molar-refractivity contribution in [2.75, 3.05) is 20.1 Å². The molecule has 0 amide bonds. The standard InChI is InChI=1S/C17H23ClN4OS/c1-12(23-15-6-4-5-14(18)9-15)10-22-17(19-3)20-8-7-16-21-11-13(2)24-16/h4-6,9,11-12H,7-8,10H2,1-3H3,(H2,19,20,22). The van der Waals surface area contributed by atoms with Crippen molar-refractivity contribution in [3.63, 3.8) is 0 Å². The summed E-state index contributed by atoms with van der Waals surface area (Å²) in [7, 11) is 1.76. The first-order valence-corrected chi connectivity index (χ1v) is 9.04. The normalized spacial score (nSPS) is 12.8. The van der Waals surface area contributed by atoms with Crippen LogP contribution < -0.4 is 15.4 Å². The Morgan fingerprint density at radius 2 is 2.25 bits per heavy atom. The molecule has 130 valence electrons. The third-order valence-electron chi connectivity index (χ3n) is 3.21. The summed E-state index contributed by atoms with van der Waals surface area (Å²) >= 11 is 7.68. The van der Waals surface area contributed by atoms with Crippen molar-refractivity contribution in [1.29, 1.82) is 0 Å². The highest BCUT2D eigenvalue weighted by Gasteiger charge is 2.06. The van der Waals surface area contributed by atoms with Crippen LogP contribution in [0.25, 0.3) is 0 Å². The average molecular weight is 367 g/mol. The number of hydrogen-bond donors (Lipinski definition) is 2.